The normalized spacial score (nSPS) is 18.4. The summed E-state index contributed by atoms with van der Waals surface area (Å²) in [6.07, 6.45) is 2.99. The van der Waals surface area contributed by atoms with E-state index in [0.29, 0.717) is 0 Å². The first-order valence-corrected chi connectivity index (χ1v) is 5.89. The van der Waals surface area contributed by atoms with Gasteiger partial charge in [-0.2, -0.15) is 11.8 Å². The van der Waals surface area contributed by atoms with Crippen LogP contribution in [-0.2, 0) is 6.54 Å². The average Bonchev–Trinajstić information content (AvgIpc) is 2.19. The molecule has 0 spiro atoms. The van der Waals surface area contributed by atoms with Crippen molar-refractivity contribution in [2.24, 2.45) is 0 Å². The highest BCUT2D eigenvalue weighted by Gasteiger charge is 2.10. The van der Waals surface area contributed by atoms with E-state index >= 15 is 0 Å². The minimum Gasteiger partial charge on any atom is -0.297 e. The number of rotatable bonds is 2. The van der Waals surface area contributed by atoms with E-state index in [1.54, 1.807) is 12.3 Å². The molecule has 1 saturated heterocycles. The van der Waals surface area contributed by atoms with E-state index < -0.39 is 0 Å². The number of hydrogen-bond acceptors (Lipinski definition) is 3. The summed E-state index contributed by atoms with van der Waals surface area (Å²) in [5.41, 5.74) is 0.969. The van der Waals surface area contributed by atoms with Crippen LogP contribution in [0.2, 0.25) is 0 Å². The van der Waals surface area contributed by atoms with Crippen LogP contribution in [0.1, 0.15) is 5.56 Å². The van der Waals surface area contributed by atoms with Crippen LogP contribution in [0.5, 0.6) is 0 Å². The van der Waals surface area contributed by atoms with Crippen molar-refractivity contribution in [2.45, 2.75) is 6.54 Å². The number of hydrogen-bond donors (Lipinski definition) is 0. The van der Waals surface area contributed by atoms with Crippen molar-refractivity contribution in [1.82, 2.24) is 9.88 Å². The third-order valence-electron chi connectivity index (χ3n) is 2.27. The van der Waals surface area contributed by atoms with Crippen LogP contribution in [0, 0.1) is 5.82 Å². The van der Waals surface area contributed by atoms with Gasteiger partial charge in [0.25, 0.3) is 0 Å². The zero-order chi connectivity index (χ0) is 9.80. The molecular formula is C10H13FN2S. The van der Waals surface area contributed by atoms with E-state index in [0.717, 1.165) is 25.2 Å². The van der Waals surface area contributed by atoms with Gasteiger partial charge < -0.3 is 0 Å². The first-order valence-electron chi connectivity index (χ1n) is 4.74. The Hall–Kier alpha value is -0.610. The molecule has 0 atom stereocenters. The van der Waals surface area contributed by atoms with Gasteiger partial charge in [0.1, 0.15) is 5.82 Å². The van der Waals surface area contributed by atoms with Crippen LogP contribution in [0.3, 0.4) is 0 Å². The highest BCUT2D eigenvalue weighted by Crippen LogP contribution is 2.12. The summed E-state index contributed by atoms with van der Waals surface area (Å²) in [7, 11) is 0. The summed E-state index contributed by atoms with van der Waals surface area (Å²) in [5, 5.41) is 0. The first-order chi connectivity index (χ1) is 6.84. The summed E-state index contributed by atoms with van der Waals surface area (Å²) in [6.45, 7) is 3.02. The van der Waals surface area contributed by atoms with Crippen LogP contribution >= 0.6 is 11.8 Å². The van der Waals surface area contributed by atoms with Crippen molar-refractivity contribution >= 4 is 11.8 Å². The SMILES string of the molecule is Fc1cncc(CN2CCSCC2)c1. The summed E-state index contributed by atoms with van der Waals surface area (Å²) in [5.74, 6) is 2.12. The highest BCUT2D eigenvalue weighted by molar-refractivity contribution is 7.99. The van der Waals surface area contributed by atoms with E-state index in [9.17, 15) is 4.39 Å². The van der Waals surface area contributed by atoms with Crippen LogP contribution in [0.25, 0.3) is 0 Å². The van der Waals surface area contributed by atoms with E-state index in [-0.39, 0.29) is 5.82 Å². The Morgan fingerprint density at radius 2 is 2.14 bits per heavy atom. The zero-order valence-electron chi connectivity index (χ0n) is 7.95. The van der Waals surface area contributed by atoms with Crippen LogP contribution < -0.4 is 0 Å². The molecule has 4 heteroatoms. The highest BCUT2D eigenvalue weighted by atomic mass is 32.2. The van der Waals surface area contributed by atoms with Crippen molar-refractivity contribution in [3.05, 3.63) is 29.8 Å². The maximum atomic E-state index is 12.8. The molecule has 0 aromatic carbocycles. The molecule has 1 aliphatic heterocycles. The van der Waals surface area contributed by atoms with Crippen LogP contribution in [-0.4, -0.2) is 34.5 Å². The van der Waals surface area contributed by atoms with Crippen molar-refractivity contribution in [3.8, 4) is 0 Å². The van der Waals surface area contributed by atoms with Gasteiger partial charge in [0.15, 0.2) is 0 Å². The standard InChI is InChI=1S/C10H13FN2S/c11-10-5-9(6-12-7-10)8-13-1-3-14-4-2-13/h5-7H,1-4,8H2. The monoisotopic (exact) mass is 212 g/mol. The molecule has 0 saturated carbocycles. The smallest absolute Gasteiger partial charge is 0.141 e. The van der Waals surface area contributed by atoms with Crippen molar-refractivity contribution in [1.29, 1.82) is 0 Å². The van der Waals surface area contributed by atoms with Gasteiger partial charge >= 0.3 is 0 Å². The number of pyridine rings is 1. The fourth-order valence-corrected chi connectivity index (χ4v) is 2.54. The van der Waals surface area contributed by atoms with Crippen LogP contribution in [0.4, 0.5) is 4.39 Å². The average molecular weight is 212 g/mol. The predicted molar refractivity (Wildman–Crippen MR) is 56.8 cm³/mol. The van der Waals surface area contributed by atoms with Crippen molar-refractivity contribution < 1.29 is 4.39 Å². The van der Waals surface area contributed by atoms with Gasteiger partial charge in [-0.05, 0) is 11.6 Å². The van der Waals surface area contributed by atoms with Gasteiger partial charge in [-0.15, -0.1) is 0 Å². The minimum absolute atomic E-state index is 0.242. The third-order valence-corrected chi connectivity index (χ3v) is 3.21. The van der Waals surface area contributed by atoms with Gasteiger partial charge in [-0.1, -0.05) is 0 Å². The van der Waals surface area contributed by atoms with Gasteiger partial charge in [-0.25, -0.2) is 4.39 Å². The van der Waals surface area contributed by atoms with Crippen LogP contribution in [0.15, 0.2) is 18.5 Å². The first kappa shape index (κ1) is 9.93. The molecular weight excluding hydrogens is 199 g/mol. The van der Waals surface area contributed by atoms with Gasteiger partial charge in [-0.3, -0.25) is 9.88 Å². The molecule has 2 rings (SSSR count). The minimum atomic E-state index is -0.242. The second-order valence-electron chi connectivity index (χ2n) is 3.40. The van der Waals surface area contributed by atoms with E-state index in [1.165, 1.54) is 17.7 Å². The molecule has 76 valence electrons. The molecule has 2 nitrogen and oxygen atoms in total. The Morgan fingerprint density at radius 3 is 2.86 bits per heavy atom. The molecule has 1 aromatic heterocycles. The van der Waals surface area contributed by atoms with Crippen molar-refractivity contribution in [2.75, 3.05) is 24.6 Å². The van der Waals surface area contributed by atoms with Gasteiger partial charge in [0, 0.05) is 37.3 Å². The lowest BCUT2D eigenvalue weighted by molar-refractivity contribution is 0.294. The Bertz CT molecular complexity index is 300. The number of aromatic nitrogens is 1. The largest absolute Gasteiger partial charge is 0.297 e. The zero-order valence-corrected chi connectivity index (χ0v) is 8.76. The fraction of sp³-hybridized carbons (Fsp3) is 0.500. The van der Waals surface area contributed by atoms with Gasteiger partial charge in [0.2, 0.25) is 0 Å². The third kappa shape index (κ3) is 2.69. The van der Waals surface area contributed by atoms with Crippen molar-refractivity contribution in [3.63, 3.8) is 0 Å². The van der Waals surface area contributed by atoms with E-state index in [4.69, 9.17) is 0 Å². The topological polar surface area (TPSA) is 16.1 Å². The predicted octanol–water partition coefficient (Wildman–Crippen LogP) is 1.77. The second-order valence-corrected chi connectivity index (χ2v) is 4.62. The quantitative estimate of drug-likeness (QED) is 0.743. The second kappa shape index (κ2) is 4.75. The maximum Gasteiger partial charge on any atom is 0.141 e. The summed E-state index contributed by atoms with van der Waals surface area (Å²) in [4.78, 5) is 6.18. The van der Waals surface area contributed by atoms with Gasteiger partial charge in [0.05, 0.1) is 6.20 Å². The molecule has 1 aromatic rings. The molecule has 0 N–H and O–H groups in total. The Labute approximate surface area is 87.5 Å². The molecule has 0 aliphatic carbocycles. The molecule has 1 aliphatic rings. The molecule has 14 heavy (non-hydrogen) atoms. The molecule has 0 bridgehead atoms. The summed E-state index contributed by atoms with van der Waals surface area (Å²) >= 11 is 1.98. The lowest BCUT2D eigenvalue weighted by Gasteiger charge is -2.25. The number of halogens is 1. The number of nitrogens with zero attached hydrogens (tertiary/aromatic N) is 2. The molecule has 1 fully saturated rings. The Kier molecular flexibility index (Phi) is 3.37. The summed E-state index contributed by atoms with van der Waals surface area (Å²) in [6, 6.07) is 1.56. The molecule has 0 amide bonds. The summed E-state index contributed by atoms with van der Waals surface area (Å²) < 4.78 is 12.8. The van der Waals surface area contributed by atoms with E-state index in [2.05, 4.69) is 9.88 Å². The number of thioether (sulfide) groups is 1. The molecule has 0 unspecified atom stereocenters. The fourth-order valence-electron chi connectivity index (χ4n) is 1.56. The molecule has 2 heterocycles. The molecule has 0 radical (unpaired) electrons. The van der Waals surface area contributed by atoms with E-state index in [1.807, 2.05) is 11.8 Å². The lowest BCUT2D eigenvalue weighted by atomic mass is 10.2. The maximum absolute atomic E-state index is 12.8. The lowest BCUT2D eigenvalue weighted by Crippen LogP contribution is -2.32. The Balaban J connectivity index is 1.95. The Morgan fingerprint density at radius 1 is 1.36 bits per heavy atom.